The quantitative estimate of drug-likeness (QED) is 0.208. The zero-order valence-corrected chi connectivity index (χ0v) is 24.4. The second-order valence-corrected chi connectivity index (χ2v) is 10.9. The maximum Gasteiger partial charge on any atom is 0.349 e. The van der Waals surface area contributed by atoms with Crippen LogP contribution in [0.25, 0.3) is 11.0 Å². The number of para-hydroxylation sites is 1. The Bertz CT molecular complexity index is 1830. The van der Waals surface area contributed by atoms with Crippen LogP contribution in [0, 0.1) is 0 Å². The molecule has 0 spiro atoms. The van der Waals surface area contributed by atoms with Gasteiger partial charge in [-0.3, -0.25) is 9.59 Å². The Morgan fingerprint density at radius 3 is 2.49 bits per heavy atom. The summed E-state index contributed by atoms with van der Waals surface area (Å²) in [5.74, 6) is -1.40. The Kier molecular flexibility index (Phi) is 8.40. The predicted molar refractivity (Wildman–Crippen MR) is 163 cm³/mol. The van der Waals surface area contributed by atoms with Crippen LogP contribution in [0.1, 0.15) is 33.0 Å². The fourth-order valence-electron chi connectivity index (χ4n) is 6.08. The van der Waals surface area contributed by atoms with Crippen LogP contribution in [0.5, 0.6) is 11.5 Å². The van der Waals surface area contributed by atoms with E-state index in [2.05, 4.69) is 5.32 Å². The largest absolute Gasteiger partial charge is 0.493 e. The molecule has 0 saturated heterocycles. The van der Waals surface area contributed by atoms with Crippen molar-refractivity contribution in [2.75, 3.05) is 20.3 Å². The molecule has 4 atom stereocenters. The Hall–Kier alpha value is -4.97. The summed E-state index contributed by atoms with van der Waals surface area (Å²) in [6.07, 6.45) is -0.885. The summed E-state index contributed by atoms with van der Waals surface area (Å²) in [6, 6.07) is 19.5. The highest BCUT2D eigenvalue weighted by atomic mass is 16.5. The van der Waals surface area contributed by atoms with Crippen molar-refractivity contribution in [3.63, 3.8) is 0 Å². The fourth-order valence-corrected chi connectivity index (χ4v) is 6.08. The molecule has 11 heteroatoms. The van der Waals surface area contributed by atoms with Gasteiger partial charge in [-0.1, -0.05) is 48.5 Å². The molecule has 2 amide bonds. The van der Waals surface area contributed by atoms with Crippen molar-refractivity contribution in [1.29, 1.82) is 0 Å². The third kappa shape index (κ3) is 5.57. The predicted octanol–water partition coefficient (Wildman–Crippen LogP) is 2.26. The smallest absolute Gasteiger partial charge is 0.349 e. The first-order valence-corrected chi connectivity index (χ1v) is 14.5. The van der Waals surface area contributed by atoms with E-state index in [1.165, 1.54) is 24.2 Å². The monoisotopic (exact) mass is 612 g/mol. The number of benzene rings is 3. The van der Waals surface area contributed by atoms with Crippen molar-refractivity contribution < 1.29 is 38.8 Å². The number of nitrogens with zero attached hydrogens (tertiary/aromatic N) is 1. The summed E-state index contributed by atoms with van der Waals surface area (Å²) in [4.78, 5) is 42.4. The standard InChI is InChI=1S/C34H32N2O9/c1-43-27-14-20(18-38)13-22-28-23(32(40)35-11-12-37)16-25(29(39)31(28)45-30(22)27)36(17-19-7-3-2-4-8-19)33(41)24-15-21-9-5-6-10-26(21)44-34(24)42/h2-10,13-16,25,28-29,31,37-39H,11-12,17-18H2,1H3,(H,35,40). The molecule has 45 heavy (non-hydrogen) atoms. The zero-order valence-electron chi connectivity index (χ0n) is 24.4. The lowest BCUT2D eigenvalue weighted by Crippen LogP contribution is -2.55. The number of aliphatic hydroxyl groups excluding tert-OH is 3. The van der Waals surface area contributed by atoms with Gasteiger partial charge in [0.05, 0.1) is 32.3 Å². The van der Waals surface area contributed by atoms with Gasteiger partial charge in [0.1, 0.15) is 23.4 Å². The molecule has 3 aromatic carbocycles. The second kappa shape index (κ2) is 12.6. The minimum absolute atomic E-state index is 0.0159. The van der Waals surface area contributed by atoms with Gasteiger partial charge in [-0.05, 0) is 41.5 Å². The number of fused-ring (bicyclic) bond motifs is 4. The highest BCUT2D eigenvalue weighted by Gasteiger charge is 2.51. The van der Waals surface area contributed by atoms with Crippen LogP contribution in [0.2, 0.25) is 0 Å². The van der Waals surface area contributed by atoms with Crippen LogP contribution in [0.4, 0.5) is 0 Å². The highest BCUT2D eigenvalue weighted by Crippen LogP contribution is 2.51. The van der Waals surface area contributed by atoms with Gasteiger partial charge in [0.15, 0.2) is 11.5 Å². The molecular weight excluding hydrogens is 580 g/mol. The number of aliphatic hydroxyl groups is 3. The maximum absolute atomic E-state index is 14.3. The number of hydrogen-bond acceptors (Lipinski definition) is 9. The summed E-state index contributed by atoms with van der Waals surface area (Å²) in [5.41, 5.74) is 1.21. The number of carbonyl (C=O) groups is 2. The summed E-state index contributed by atoms with van der Waals surface area (Å²) in [6.45, 7) is -0.641. The molecule has 0 bridgehead atoms. The first-order chi connectivity index (χ1) is 21.8. The molecule has 11 nitrogen and oxygen atoms in total. The van der Waals surface area contributed by atoms with E-state index in [0.29, 0.717) is 33.6 Å². The van der Waals surface area contributed by atoms with Gasteiger partial charge in [0.2, 0.25) is 5.91 Å². The van der Waals surface area contributed by atoms with Gasteiger partial charge in [-0.2, -0.15) is 0 Å². The summed E-state index contributed by atoms with van der Waals surface area (Å²) < 4.78 is 17.3. The third-order valence-corrected chi connectivity index (χ3v) is 8.18. The van der Waals surface area contributed by atoms with E-state index >= 15 is 0 Å². The molecule has 232 valence electrons. The molecule has 4 unspecified atom stereocenters. The number of hydrogen-bond donors (Lipinski definition) is 4. The maximum atomic E-state index is 14.3. The Morgan fingerprint density at radius 1 is 1.00 bits per heavy atom. The van der Waals surface area contributed by atoms with Crippen LogP contribution in [0.15, 0.2) is 93.7 Å². The topological polar surface area (TPSA) is 159 Å². The molecular formula is C34H32N2O9. The van der Waals surface area contributed by atoms with Gasteiger partial charge in [-0.15, -0.1) is 0 Å². The molecule has 0 saturated carbocycles. The van der Waals surface area contributed by atoms with Gasteiger partial charge in [0, 0.05) is 29.6 Å². The molecule has 1 aliphatic heterocycles. The van der Waals surface area contributed by atoms with Crippen molar-refractivity contribution in [1.82, 2.24) is 10.2 Å². The number of rotatable bonds is 9. The molecule has 1 aliphatic carbocycles. The number of carbonyl (C=O) groups excluding carboxylic acids is 2. The second-order valence-electron chi connectivity index (χ2n) is 10.9. The van der Waals surface area contributed by atoms with Crippen molar-refractivity contribution in [3.8, 4) is 11.5 Å². The van der Waals surface area contributed by atoms with Crippen molar-refractivity contribution in [2.24, 2.45) is 0 Å². The molecule has 4 N–H and O–H groups in total. The van der Waals surface area contributed by atoms with E-state index < -0.39 is 41.6 Å². The van der Waals surface area contributed by atoms with E-state index in [4.69, 9.17) is 13.9 Å². The normalized spacial score (nSPS) is 20.0. The molecule has 1 aromatic heterocycles. The number of ether oxygens (including phenoxy) is 2. The number of nitrogens with one attached hydrogen (secondary N) is 1. The number of amides is 2. The van der Waals surface area contributed by atoms with Crippen LogP contribution in [-0.4, -0.2) is 70.5 Å². The summed E-state index contributed by atoms with van der Waals surface area (Å²) in [5, 5.41) is 34.5. The lowest BCUT2D eigenvalue weighted by Gasteiger charge is -2.40. The first kappa shape index (κ1) is 30.1. The van der Waals surface area contributed by atoms with Crippen LogP contribution < -0.4 is 20.4 Å². The molecule has 0 fully saturated rings. The van der Waals surface area contributed by atoms with Crippen LogP contribution in [0.3, 0.4) is 0 Å². The SMILES string of the molecule is COc1cc(CO)cc2c1OC1C2C(C(=O)NCCO)=CC(N(Cc2ccccc2)C(=O)c2cc3ccccc3oc2=O)C1O. The Morgan fingerprint density at radius 2 is 1.76 bits per heavy atom. The lowest BCUT2D eigenvalue weighted by atomic mass is 9.77. The van der Waals surface area contributed by atoms with E-state index in [1.807, 2.05) is 18.2 Å². The molecule has 2 aliphatic rings. The van der Waals surface area contributed by atoms with Gasteiger partial charge < -0.3 is 39.4 Å². The molecule has 2 heterocycles. The molecule has 0 radical (unpaired) electrons. The lowest BCUT2D eigenvalue weighted by molar-refractivity contribution is -0.118. The van der Waals surface area contributed by atoms with Crippen LogP contribution in [-0.2, 0) is 17.9 Å². The van der Waals surface area contributed by atoms with Gasteiger partial charge >= 0.3 is 5.63 Å². The van der Waals surface area contributed by atoms with Gasteiger partial charge in [-0.25, -0.2) is 4.79 Å². The van der Waals surface area contributed by atoms with Crippen LogP contribution >= 0.6 is 0 Å². The highest BCUT2D eigenvalue weighted by molar-refractivity contribution is 5.98. The minimum Gasteiger partial charge on any atom is -0.493 e. The van der Waals surface area contributed by atoms with E-state index in [-0.39, 0.29) is 37.4 Å². The van der Waals surface area contributed by atoms with Gasteiger partial charge in [0.25, 0.3) is 5.91 Å². The minimum atomic E-state index is -1.36. The number of methoxy groups -OCH3 is 1. The summed E-state index contributed by atoms with van der Waals surface area (Å²) in [7, 11) is 1.45. The Labute approximate surface area is 257 Å². The first-order valence-electron chi connectivity index (χ1n) is 14.5. The van der Waals surface area contributed by atoms with Crippen molar-refractivity contribution in [3.05, 3.63) is 117 Å². The van der Waals surface area contributed by atoms with E-state index in [1.54, 1.807) is 48.5 Å². The average Bonchev–Trinajstić information content (AvgIpc) is 3.46. The third-order valence-electron chi connectivity index (χ3n) is 8.18. The molecule has 4 aromatic rings. The summed E-state index contributed by atoms with van der Waals surface area (Å²) >= 11 is 0. The zero-order chi connectivity index (χ0) is 31.7. The van der Waals surface area contributed by atoms with E-state index in [9.17, 15) is 29.7 Å². The fraction of sp³-hybridized carbons (Fsp3) is 0.265. The van der Waals surface area contributed by atoms with Crippen molar-refractivity contribution in [2.45, 2.75) is 37.3 Å². The average molecular weight is 613 g/mol. The molecule has 6 rings (SSSR count). The van der Waals surface area contributed by atoms with Crippen molar-refractivity contribution >= 4 is 22.8 Å². The Balaban J connectivity index is 1.49. The van der Waals surface area contributed by atoms with E-state index in [0.717, 1.165) is 5.56 Å².